The predicted molar refractivity (Wildman–Crippen MR) is 107 cm³/mol. The smallest absolute Gasteiger partial charge is 0.238 e. The van der Waals surface area contributed by atoms with Crippen LogP contribution in [0.15, 0.2) is 47.4 Å². The van der Waals surface area contributed by atoms with Crippen molar-refractivity contribution >= 4 is 27.3 Å². The Morgan fingerprint density at radius 2 is 1.81 bits per heavy atom. The second kappa shape index (κ2) is 6.87. The summed E-state index contributed by atoms with van der Waals surface area (Å²) in [5.41, 5.74) is 3.63. The lowest BCUT2D eigenvalue weighted by Gasteiger charge is -2.10. The fraction of sp³-hybridized carbons (Fsp3) is 0.400. The van der Waals surface area contributed by atoms with Gasteiger partial charge in [-0.05, 0) is 66.0 Å². The number of rotatable bonds is 6. The van der Waals surface area contributed by atoms with E-state index in [1.807, 2.05) is 30.3 Å². The topological polar surface area (TPSA) is 72.2 Å². The molecule has 3 N–H and O–H groups in total. The Kier molecular flexibility index (Phi) is 5.08. The van der Waals surface area contributed by atoms with E-state index >= 15 is 0 Å². The fourth-order valence-electron chi connectivity index (χ4n) is 3.96. The van der Waals surface area contributed by atoms with Gasteiger partial charge in [0.05, 0.1) is 4.90 Å². The summed E-state index contributed by atoms with van der Waals surface area (Å²) in [4.78, 5) is 0.161. The zero-order valence-corrected chi connectivity index (χ0v) is 16.9. The molecule has 140 valence electrons. The highest BCUT2D eigenvalue weighted by Crippen LogP contribution is 2.65. The summed E-state index contributed by atoms with van der Waals surface area (Å²) in [5, 5.41) is 9.40. The third-order valence-electron chi connectivity index (χ3n) is 5.59. The second-order valence-electron chi connectivity index (χ2n) is 7.69. The van der Waals surface area contributed by atoms with Crippen LogP contribution in [-0.2, 0) is 10.0 Å². The molecule has 0 saturated heterocycles. The van der Waals surface area contributed by atoms with Gasteiger partial charge in [0.15, 0.2) is 0 Å². The molecule has 1 aliphatic rings. The van der Waals surface area contributed by atoms with Gasteiger partial charge in [-0.1, -0.05) is 43.6 Å². The van der Waals surface area contributed by atoms with Crippen molar-refractivity contribution in [2.75, 3.05) is 11.9 Å². The highest BCUT2D eigenvalue weighted by molar-refractivity contribution is 7.89. The molecule has 0 bridgehead atoms. The maximum absolute atomic E-state index is 11.4. The number of benzene rings is 2. The lowest BCUT2D eigenvalue weighted by atomic mass is 10.0. The second-order valence-corrected chi connectivity index (χ2v) is 9.69. The van der Waals surface area contributed by atoms with Crippen LogP contribution < -0.4 is 10.5 Å². The Morgan fingerprint density at radius 1 is 1.15 bits per heavy atom. The molecule has 2 unspecified atom stereocenters. The van der Waals surface area contributed by atoms with Crippen molar-refractivity contribution < 1.29 is 8.42 Å². The largest absolute Gasteiger partial charge is 0.385 e. The number of primary sulfonamides is 1. The Morgan fingerprint density at radius 3 is 2.42 bits per heavy atom. The molecule has 0 heterocycles. The van der Waals surface area contributed by atoms with E-state index in [-0.39, 0.29) is 10.3 Å². The van der Waals surface area contributed by atoms with Gasteiger partial charge in [0.1, 0.15) is 0 Å². The lowest BCUT2D eigenvalue weighted by Crippen LogP contribution is -2.11. The van der Waals surface area contributed by atoms with Crippen LogP contribution >= 0.6 is 11.6 Å². The molecule has 0 radical (unpaired) electrons. The molecule has 0 amide bonds. The summed E-state index contributed by atoms with van der Waals surface area (Å²) >= 11 is 6.07. The van der Waals surface area contributed by atoms with Gasteiger partial charge in [-0.25, -0.2) is 13.6 Å². The number of sulfonamides is 1. The molecule has 6 heteroatoms. The molecule has 0 aromatic heterocycles. The predicted octanol–water partition coefficient (Wildman–Crippen LogP) is 4.54. The zero-order chi connectivity index (χ0) is 19.1. The van der Waals surface area contributed by atoms with E-state index in [0.29, 0.717) is 11.8 Å². The van der Waals surface area contributed by atoms with E-state index in [0.717, 1.165) is 23.7 Å². The summed E-state index contributed by atoms with van der Waals surface area (Å²) in [6.07, 6.45) is 1.04. The van der Waals surface area contributed by atoms with Crippen LogP contribution in [0, 0.1) is 18.3 Å². The molecule has 1 fully saturated rings. The minimum Gasteiger partial charge on any atom is -0.385 e. The van der Waals surface area contributed by atoms with E-state index in [2.05, 4.69) is 26.1 Å². The third kappa shape index (κ3) is 3.90. The fourth-order valence-corrected chi connectivity index (χ4v) is 4.64. The molecule has 1 saturated carbocycles. The molecule has 4 nitrogen and oxygen atoms in total. The summed E-state index contributed by atoms with van der Waals surface area (Å²) in [5.74, 6) is 0.981. The molecular formula is C20H25ClN2O2S. The first-order valence-electron chi connectivity index (χ1n) is 8.73. The molecule has 2 aromatic rings. The first-order chi connectivity index (χ1) is 12.1. The van der Waals surface area contributed by atoms with E-state index in [4.69, 9.17) is 16.7 Å². The number of halogens is 1. The van der Waals surface area contributed by atoms with Crippen LogP contribution in [0.4, 0.5) is 5.69 Å². The first-order valence-corrected chi connectivity index (χ1v) is 10.7. The quantitative estimate of drug-likeness (QED) is 0.758. The van der Waals surface area contributed by atoms with Crippen molar-refractivity contribution in [2.45, 2.75) is 38.0 Å². The lowest BCUT2D eigenvalue weighted by molar-refractivity contribution is 0.538. The average molecular weight is 393 g/mol. The van der Waals surface area contributed by atoms with Gasteiger partial charge in [0.25, 0.3) is 0 Å². The van der Waals surface area contributed by atoms with Gasteiger partial charge < -0.3 is 5.32 Å². The van der Waals surface area contributed by atoms with Crippen molar-refractivity contribution in [1.82, 2.24) is 0 Å². The number of nitrogens with one attached hydrogen (secondary N) is 1. The van der Waals surface area contributed by atoms with Gasteiger partial charge >= 0.3 is 0 Å². The summed E-state index contributed by atoms with van der Waals surface area (Å²) in [6, 6.07) is 12.8. The van der Waals surface area contributed by atoms with Crippen molar-refractivity contribution in [1.29, 1.82) is 0 Å². The number of nitrogens with two attached hydrogens (primary N) is 1. The number of hydrogen-bond acceptors (Lipinski definition) is 3. The van der Waals surface area contributed by atoms with E-state index < -0.39 is 10.0 Å². The average Bonchev–Trinajstić information content (AvgIpc) is 3.11. The van der Waals surface area contributed by atoms with Crippen molar-refractivity contribution in [3.8, 4) is 0 Å². The standard InChI is InChI=1S/C20H25ClN2O2S/c1-13-4-7-15(21)12-18(13)23-11-10-17-19(20(17,2)3)14-5-8-16(9-6-14)26(22,24)25/h4-9,12,17,19,23H,10-11H2,1-3H3,(H2,22,24,25). The Balaban J connectivity index is 1.64. The van der Waals surface area contributed by atoms with Crippen LogP contribution in [0.5, 0.6) is 0 Å². The van der Waals surface area contributed by atoms with Crippen LogP contribution in [0.2, 0.25) is 5.02 Å². The van der Waals surface area contributed by atoms with Gasteiger partial charge in [-0.3, -0.25) is 0 Å². The Bertz CT molecular complexity index is 908. The minimum atomic E-state index is -3.64. The molecule has 1 aliphatic carbocycles. The van der Waals surface area contributed by atoms with Gasteiger partial charge in [-0.15, -0.1) is 0 Å². The highest BCUT2D eigenvalue weighted by Gasteiger charge is 2.57. The van der Waals surface area contributed by atoms with Gasteiger partial charge in [0.2, 0.25) is 10.0 Å². The summed E-state index contributed by atoms with van der Waals surface area (Å²) in [6.45, 7) is 7.47. The van der Waals surface area contributed by atoms with Gasteiger partial charge in [-0.2, -0.15) is 0 Å². The molecular weight excluding hydrogens is 368 g/mol. The van der Waals surface area contributed by atoms with E-state index in [9.17, 15) is 8.42 Å². The Labute approximate surface area is 160 Å². The SMILES string of the molecule is Cc1ccc(Cl)cc1NCCC1C(c2ccc(S(N)(=O)=O)cc2)C1(C)C. The van der Waals surface area contributed by atoms with Crippen LogP contribution in [0.25, 0.3) is 0 Å². The highest BCUT2D eigenvalue weighted by atomic mass is 35.5. The van der Waals surface area contributed by atoms with Crippen LogP contribution in [0.3, 0.4) is 0 Å². The molecule has 0 aliphatic heterocycles. The molecule has 2 aromatic carbocycles. The molecule has 3 rings (SSSR count). The van der Waals surface area contributed by atoms with Crippen LogP contribution in [-0.4, -0.2) is 15.0 Å². The summed E-state index contributed by atoms with van der Waals surface area (Å²) < 4.78 is 22.8. The van der Waals surface area contributed by atoms with E-state index in [1.165, 1.54) is 11.1 Å². The maximum Gasteiger partial charge on any atom is 0.238 e. The van der Waals surface area contributed by atoms with E-state index in [1.54, 1.807) is 12.1 Å². The van der Waals surface area contributed by atoms with Crippen molar-refractivity contribution in [3.63, 3.8) is 0 Å². The maximum atomic E-state index is 11.4. The third-order valence-corrected chi connectivity index (χ3v) is 6.75. The number of aryl methyl sites for hydroxylation is 1. The van der Waals surface area contributed by atoms with Crippen molar-refractivity contribution in [3.05, 3.63) is 58.6 Å². The first kappa shape index (κ1) is 19.2. The molecule has 2 atom stereocenters. The monoisotopic (exact) mass is 392 g/mol. The Hall–Kier alpha value is -1.56. The number of hydrogen-bond donors (Lipinski definition) is 2. The number of anilines is 1. The zero-order valence-electron chi connectivity index (χ0n) is 15.3. The summed E-state index contributed by atoms with van der Waals surface area (Å²) in [7, 11) is -3.64. The minimum absolute atomic E-state index is 0.161. The van der Waals surface area contributed by atoms with Crippen LogP contribution in [0.1, 0.15) is 37.3 Å². The molecule has 0 spiro atoms. The molecule has 26 heavy (non-hydrogen) atoms. The van der Waals surface area contributed by atoms with Gasteiger partial charge in [0, 0.05) is 17.3 Å². The normalized spacial score (nSPS) is 21.4. The van der Waals surface area contributed by atoms with Crippen molar-refractivity contribution in [2.24, 2.45) is 16.5 Å².